The maximum absolute atomic E-state index is 2.51. The van der Waals surface area contributed by atoms with Gasteiger partial charge < -0.3 is 0 Å². The van der Waals surface area contributed by atoms with E-state index in [9.17, 15) is 0 Å². The molecule has 0 spiro atoms. The summed E-state index contributed by atoms with van der Waals surface area (Å²) in [6.07, 6.45) is 4.77. The standard InChI is InChI=1S/C24H38GeN/c1-17(2)12-20-11-10-19(5)22(14-20)24-15-21(13-18(3)4)23(16-26(24)9)25(6,7)8/h10-11,14-18H,12-13H2,1-9H3/q+1. The fourth-order valence-corrected chi connectivity index (χ4v) is 7.39. The van der Waals surface area contributed by atoms with Gasteiger partial charge in [0.15, 0.2) is 0 Å². The van der Waals surface area contributed by atoms with Gasteiger partial charge in [0, 0.05) is 0 Å². The van der Waals surface area contributed by atoms with Gasteiger partial charge in [-0.15, -0.1) is 0 Å². The number of nitrogens with zero attached hydrogens (tertiary/aromatic N) is 1. The number of hydrogen-bond donors (Lipinski definition) is 0. The molecular weight excluding hydrogens is 375 g/mol. The van der Waals surface area contributed by atoms with E-state index in [4.69, 9.17) is 0 Å². The Morgan fingerprint density at radius 3 is 2.08 bits per heavy atom. The van der Waals surface area contributed by atoms with Gasteiger partial charge in [0.2, 0.25) is 0 Å². The fourth-order valence-electron chi connectivity index (χ4n) is 3.79. The first-order valence-corrected chi connectivity index (χ1v) is 17.5. The summed E-state index contributed by atoms with van der Waals surface area (Å²) in [4.78, 5) is 0. The van der Waals surface area contributed by atoms with Crippen LogP contribution in [0.3, 0.4) is 0 Å². The average molecular weight is 413 g/mol. The van der Waals surface area contributed by atoms with Crippen LogP contribution in [0.1, 0.15) is 44.4 Å². The Labute approximate surface area is 164 Å². The molecule has 0 atom stereocenters. The summed E-state index contributed by atoms with van der Waals surface area (Å²) < 4.78 is 4.03. The van der Waals surface area contributed by atoms with Crippen LogP contribution in [-0.4, -0.2) is 13.3 Å². The predicted molar refractivity (Wildman–Crippen MR) is 118 cm³/mol. The zero-order valence-electron chi connectivity index (χ0n) is 18.4. The Morgan fingerprint density at radius 1 is 0.923 bits per heavy atom. The molecular formula is C24H38GeN+. The Balaban J connectivity index is 2.63. The van der Waals surface area contributed by atoms with Crippen LogP contribution in [0, 0.1) is 18.8 Å². The van der Waals surface area contributed by atoms with Crippen molar-refractivity contribution in [3.05, 3.63) is 47.2 Å². The summed E-state index contributed by atoms with van der Waals surface area (Å²) in [5.74, 6) is 8.90. The van der Waals surface area contributed by atoms with Crippen molar-refractivity contribution in [3.63, 3.8) is 0 Å². The minimum atomic E-state index is -1.90. The van der Waals surface area contributed by atoms with Gasteiger partial charge in [-0.3, -0.25) is 0 Å². The van der Waals surface area contributed by atoms with Gasteiger partial charge in [-0.1, -0.05) is 0 Å². The van der Waals surface area contributed by atoms with Crippen molar-refractivity contribution in [1.82, 2.24) is 0 Å². The van der Waals surface area contributed by atoms with Crippen LogP contribution in [0.4, 0.5) is 0 Å². The summed E-state index contributed by atoms with van der Waals surface area (Å²) >= 11 is -1.90. The Hall–Kier alpha value is -1.09. The number of aromatic nitrogens is 1. The third-order valence-corrected chi connectivity index (χ3v) is 9.35. The number of pyridine rings is 1. The Bertz CT molecular complexity index is 767. The second-order valence-corrected chi connectivity index (χ2v) is 20.4. The van der Waals surface area contributed by atoms with Crippen LogP contribution in [0.15, 0.2) is 30.5 Å². The molecule has 0 aliphatic carbocycles. The van der Waals surface area contributed by atoms with Gasteiger partial charge in [0.1, 0.15) is 0 Å². The molecule has 0 fully saturated rings. The van der Waals surface area contributed by atoms with Gasteiger partial charge in [0.05, 0.1) is 0 Å². The second-order valence-electron chi connectivity index (χ2n) is 9.80. The van der Waals surface area contributed by atoms with Crippen molar-refractivity contribution in [3.8, 4) is 11.3 Å². The van der Waals surface area contributed by atoms with Crippen molar-refractivity contribution < 1.29 is 4.57 Å². The average Bonchev–Trinajstić information content (AvgIpc) is 2.49. The van der Waals surface area contributed by atoms with Gasteiger partial charge >= 0.3 is 164 Å². The Kier molecular flexibility index (Phi) is 6.77. The van der Waals surface area contributed by atoms with Crippen molar-refractivity contribution in [2.24, 2.45) is 18.9 Å². The van der Waals surface area contributed by atoms with E-state index in [1.54, 1.807) is 9.96 Å². The molecule has 0 aliphatic rings. The summed E-state index contributed by atoms with van der Waals surface area (Å²) in [5.41, 5.74) is 7.15. The van der Waals surface area contributed by atoms with Gasteiger partial charge in [-0.05, 0) is 0 Å². The van der Waals surface area contributed by atoms with Crippen molar-refractivity contribution in [1.29, 1.82) is 0 Å². The summed E-state index contributed by atoms with van der Waals surface area (Å²) in [6, 6.07) is 9.51. The molecule has 2 heteroatoms. The zero-order chi connectivity index (χ0) is 19.6. The molecule has 26 heavy (non-hydrogen) atoms. The number of aryl methyl sites for hydroxylation is 2. The predicted octanol–water partition coefficient (Wildman–Crippen LogP) is 5.43. The van der Waals surface area contributed by atoms with E-state index in [1.807, 2.05) is 0 Å². The van der Waals surface area contributed by atoms with E-state index in [0.29, 0.717) is 11.8 Å². The normalized spacial score (nSPS) is 12.3. The topological polar surface area (TPSA) is 3.88 Å². The molecule has 0 saturated carbocycles. The molecule has 1 heterocycles. The van der Waals surface area contributed by atoms with Gasteiger partial charge in [-0.2, -0.15) is 0 Å². The number of rotatable bonds is 6. The monoisotopic (exact) mass is 414 g/mol. The summed E-state index contributed by atoms with van der Waals surface area (Å²) in [5, 5.41) is 0. The minimum absolute atomic E-state index is 0.687. The molecule has 1 nitrogen and oxygen atoms in total. The third kappa shape index (κ3) is 5.22. The van der Waals surface area contributed by atoms with Crippen LogP contribution in [0.25, 0.3) is 11.3 Å². The zero-order valence-corrected chi connectivity index (χ0v) is 20.5. The molecule has 0 radical (unpaired) electrons. The first kappa shape index (κ1) is 21.2. The Morgan fingerprint density at radius 2 is 1.54 bits per heavy atom. The maximum atomic E-state index is 2.51. The molecule has 0 bridgehead atoms. The van der Waals surface area contributed by atoms with E-state index in [0.717, 1.165) is 6.42 Å². The second kappa shape index (κ2) is 8.29. The van der Waals surface area contributed by atoms with E-state index in [1.165, 1.54) is 28.8 Å². The third-order valence-electron chi connectivity index (χ3n) is 5.02. The first-order valence-electron chi connectivity index (χ1n) is 10.1. The SMILES string of the molecule is Cc1ccc(CC(C)C)cc1-c1cc(CC(C)C)[c]([Ge]([CH3])([CH3])[CH3])c[n+]1C. The van der Waals surface area contributed by atoms with Gasteiger partial charge in [-0.25, -0.2) is 0 Å². The van der Waals surface area contributed by atoms with Crippen LogP contribution in [0.5, 0.6) is 0 Å². The van der Waals surface area contributed by atoms with E-state index in [2.05, 4.69) is 94.0 Å². The van der Waals surface area contributed by atoms with Gasteiger partial charge in [0.25, 0.3) is 0 Å². The van der Waals surface area contributed by atoms with Crippen LogP contribution >= 0.6 is 0 Å². The molecule has 2 rings (SSSR count). The van der Waals surface area contributed by atoms with Crippen LogP contribution in [-0.2, 0) is 19.9 Å². The van der Waals surface area contributed by atoms with E-state index < -0.39 is 13.3 Å². The quantitative estimate of drug-likeness (QED) is 0.440. The molecule has 1 aromatic carbocycles. The molecule has 142 valence electrons. The van der Waals surface area contributed by atoms with E-state index >= 15 is 0 Å². The first-order chi connectivity index (χ1) is 12.0. The van der Waals surface area contributed by atoms with E-state index in [-0.39, 0.29) is 0 Å². The molecule has 0 aliphatic heterocycles. The number of hydrogen-bond acceptors (Lipinski definition) is 0. The molecule has 0 saturated heterocycles. The molecule has 1 aromatic heterocycles. The summed E-state index contributed by atoms with van der Waals surface area (Å²) in [7, 11) is 2.22. The van der Waals surface area contributed by atoms with Crippen molar-refractivity contribution in [2.75, 3.05) is 0 Å². The molecule has 2 aromatic rings. The van der Waals surface area contributed by atoms with Crippen molar-refractivity contribution in [2.45, 2.75) is 64.7 Å². The van der Waals surface area contributed by atoms with Crippen LogP contribution in [0.2, 0.25) is 17.3 Å². The number of benzene rings is 1. The van der Waals surface area contributed by atoms with Crippen LogP contribution < -0.4 is 8.96 Å². The summed E-state index contributed by atoms with van der Waals surface area (Å²) in [6.45, 7) is 11.5. The fraction of sp³-hybridized carbons (Fsp3) is 0.542. The molecule has 0 N–H and O–H groups in total. The molecule has 0 unspecified atom stereocenters. The van der Waals surface area contributed by atoms with Crippen molar-refractivity contribution >= 4 is 17.7 Å². The molecule has 0 amide bonds.